The summed E-state index contributed by atoms with van der Waals surface area (Å²) in [5.74, 6) is -0.938. The highest BCUT2D eigenvalue weighted by Gasteiger charge is 2.38. The van der Waals surface area contributed by atoms with Gasteiger partial charge >= 0.3 is 0 Å². The van der Waals surface area contributed by atoms with Gasteiger partial charge in [0.25, 0.3) is 0 Å². The molecule has 0 fully saturated rings. The zero-order chi connectivity index (χ0) is 27.4. The van der Waals surface area contributed by atoms with E-state index in [2.05, 4.69) is 83.6 Å². The Balaban J connectivity index is 1.51. The van der Waals surface area contributed by atoms with E-state index in [1.807, 2.05) is 30.6 Å². The van der Waals surface area contributed by atoms with Crippen LogP contribution in [0.3, 0.4) is 0 Å². The second-order valence-electron chi connectivity index (χ2n) is 9.91. The number of rotatable bonds is 8. The van der Waals surface area contributed by atoms with Crippen LogP contribution in [0.5, 0.6) is 0 Å². The lowest BCUT2D eigenvalue weighted by molar-refractivity contribution is 0.514. The molecule has 0 radical (unpaired) electrons. The van der Waals surface area contributed by atoms with Gasteiger partial charge < -0.3 is 4.57 Å². The molecule has 0 aliphatic heterocycles. The van der Waals surface area contributed by atoms with Crippen molar-refractivity contribution in [1.82, 2.24) is 9.55 Å². The minimum atomic E-state index is -0.682. The van der Waals surface area contributed by atoms with E-state index in [9.17, 15) is 4.39 Å². The first kappa shape index (κ1) is 25.4. The molecular formula is C36H28F2N2. The quantitative estimate of drug-likeness (QED) is 0.182. The highest BCUT2D eigenvalue weighted by molar-refractivity contribution is 5.51. The molecule has 0 amide bonds. The Bertz CT molecular complexity index is 1580. The van der Waals surface area contributed by atoms with Crippen LogP contribution in [0.4, 0.5) is 8.78 Å². The minimum Gasteiger partial charge on any atom is -0.319 e. The third kappa shape index (κ3) is 4.73. The van der Waals surface area contributed by atoms with Crippen molar-refractivity contribution in [3.05, 3.63) is 197 Å². The molecule has 1 heterocycles. The molecule has 0 bridgehead atoms. The van der Waals surface area contributed by atoms with Crippen LogP contribution in [0, 0.1) is 11.6 Å². The van der Waals surface area contributed by atoms with E-state index in [4.69, 9.17) is 4.98 Å². The van der Waals surface area contributed by atoms with E-state index in [1.54, 1.807) is 24.3 Å². The van der Waals surface area contributed by atoms with Gasteiger partial charge in [-0.2, -0.15) is 0 Å². The molecule has 196 valence electrons. The number of imidazole rings is 1. The van der Waals surface area contributed by atoms with Gasteiger partial charge in [0.05, 0.1) is 12.0 Å². The van der Waals surface area contributed by atoms with Gasteiger partial charge in [0.15, 0.2) is 0 Å². The fourth-order valence-electron chi connectivity index (χ4n) is 5.71. The maximum atomic E-state index is 15.1. The van der Waals surface area contributed by atoms with Gasteiger partial charge in [-0.05, 0) is 46.0 Å². The van der Waals surface area contributed by atoms with Crippen LogP contribution < -0.4 is 0 Å². The molecule has 6 aromatic rings. The molecule has 4 heteroatoms. The Labute approximate surface area is 233 Å². The maximum Gasteiger partial charge on any atom is 0.127 e. The SMILES string of the molecule is Fc1ccc(C(Cc2cn(C(c3ccccc3)(c3ccccc3)c3ccccc3)cn2)c2ccccc2F)cc1. The zero-order valence-corrected chi connectivity index (χ0v) is 21.9. The molecule has 0 spiro atoms. The maximum absolute atomic E-state index is 15.1. The second-order valence-corrected chi connectivity index (χ2v) is 9.91. The smallest absolute Gasteiger partial charge is 0.127 e. The van der Waals surface area contributed by atoms with Gasteiger partial charge in [-0.15, -0.1) is 0 Å². The lowest BCUT2D eigenvalue weighted by Crippen LogP contribution is -2.36. The van der Waals surface area contributed by atoms with E-state index in [1.165, 1.54) is 18.2 Å². The standard InChI is InChI=1S/C36H28F2N2/c37-31-22-20-27(21-23-31)34(33-18-10-11-19-35(33)38)24-32-25-40(26-39-32)36(28-12-4-1-5-13-28,29-14-6-2-7-15-29)30-16-8-3-9-17-30/h1-23,25-26,34H,24H2. The summed E-state index contributed by atoms with van der Waals surface area (Å²) in [6, 6.07) is 44.3. The average Bonchev–Trinajstić information content (AvgIpc) is 3.48. The Hall–Kier alpha value is -4.83. The molecule has 0 saturated carbocycles. The van der Waals surface area contributed by atoms with Gasteiger partial charge in [0.1, 0.15) is 17.2 Å². The van der Waals surface area contributed by atoms with Crippen LogP contribution in [0.2, 0.25) is 0 Å². The van der Waals surface area contributed by atoms with E-state index < -0.39 is 5.54 Å². The van der Waals surface area contributed by atoms with Crippen molar-refractivity contribution >= 4 is 0 Å². The first-order valence-corrected chi connectivity index (χ1v) is 13.4. The van der Waals surface area contributed by atoms with E-state index in [0.717, 1.165) is 27.9 Å². The predicted octanol–water partition coefficient (Wildman–Crippen LogP) is 8.38. The van der Waals surface area contributed by atoms with Crippen LogP contribution in [0.15, 0.2) is 152 Å². The fourth-order valence-corrected chi connectivity index (χ4v) is 5.71. The van der Waals surface area contributed by atoms with Gasteiger partial charge in [-0.1, -0.05) is 121 Å². The highest BCUT2D eigenvalue weighted by atomic mass is 19.1. The van der Waals surface area contributed by atoms with Crippen molar-refractivity contribution in [2.75, 3.05) is 0 Å². The predicted molar refractivity (Wildman–Crippen MR) is 155 cm³/mol. The summed E-state index contributed by atoms with van der Waals surface area (Å²) >= 11 is 0. The van der Waals surface area contributed by atoms with Crippen molar-refractivity contribution in [2.24, 2.45) is 0 Å². The molecule has 0 saturated heterocycles. The molecule has 1 atom stereocenters. The molecular weight excluding hydrogens is 498 g/mol. The second kappa shape index (κ2) is 11.1. The number of hydrogen-bond donors (Lipinski definition) is 0. The number of halogens is 2. The largest absolute Gasteiger partial charge is 0.319 e. The van der Waals surface area contributed by atoms with Gasteiger partial charge in [-0.25, -0.2) is 13.8 Å². The van der Waals surface area contributed by atoms with E-state index in [0.29, 0.717) is 12.0 Å². The molecule has 6 rings (SSSR count). The third-order valence-corrected chi connectivity index (χ3v) is 7.56. The molecule has 0 N–H and O–H groups in total. The van der Waals surface area contributed by atoms with Crippen LogP contribution in [0.1, 0.15) is 39.4 Å². The molecule has 40 heavy (non-hydrogen) atoms. The molecule has 1 aromatic heterocycles. The summed E-state index contributed by atoms with van der Waals surface area (Å²) in [6.45, 7) is 0. The van der Waals surface area contributed by atoms with Gasteiger partial charge in [-0.3, -0.25) is 0 Å². The Morgan fingerprint density at radius 1 is 0.600 bits per heavy atom. The number of aromatic nitrogens is 2. The summed E-state index contributed by atoms with van der Waals surface area (Å²) in [6.07, 6.45) is 4.38. The zero-order valence-electron chi connectivity index (χ0n) is 21.9. The van der Waals surface area contributed by atoms with Crippen LogP contribution >= 0.6 is 0 Å². The van der Waals surface area contributed by atoms with Gasteiger partial charge in [0, 0.05) is 18.5 Å². The van der Waals surface area contributed by atoms with Crippen LogP contribution in [-0.2, 0) is 12.0 Å². The first-order valence-electron chi connectivity index (χ1n) is 13.4. The monoisotopic (exact) mass is 526 g/mol. The Morgan fingerprint density at radius 3 is 1.62 bits per heavy atom. The number of benzene rings is 5. The normalized spacial score (nSPS) is 12.2. The highest BCUT2D eigenvalue weighted by Crippen LogP contribution is 2.41. The van der Waals surface area contributed by atoms with E-state index in [-0.39, 0.29) is 17.6 Å². The first-order chi connectivity index (χ1) is 19.7. The summed E-state index contributed by atoms with van der Waals surface area (Å²) in [4.78, 5) is 4.86. The van der Waals surface area contributed by atoms with Crippen molar-refractivity contribution in [3.63, 3.8) is 0 Å². The lowest BCUT2D eigenvalue weighted by Gasteiger charge is -2.37. The molecule has 0 aliphatic carbocycles. The average molecular weight is 527 g/mol. The topological polar surface area (TPSA) is 17.8 Å². The van der Waals surface area contributed by atoms with Crippen molar-refractivity contribution in [2.45, 2.75) is 17.9 Å². The molecule has 1 unspecified atom stereocenters. The fraction of sp³-hybridized carbons (Fsp3) is 0.0833. The molecule has 2 nitrogen and oxygen atoms in total. The van der Waals surface area contributed by atoms with Crippen molar-refractivity contribution in [3.8, 4) is 0 Å². The number of hydrogen-bond acceptors (Lipinski definition) is 1. The summed E-state index contributed by atoms with van der Waals surface area (Å²) in [7, 11) is 0. The van der Waals surface area contributed by atoms with Crippen molar-refractivity contribution < 1.29 is 8.78 Å². The Kier molecular flexibility index (Phi) is 7.07. The molecule has 5 aromatic carbocycles. The summed E-state index contributed by atoms with van der Waals surface area (Å²) < 4.78 is 31.0. The summed E-state index contributed by atoms with van der Waals surface area (Å²) in [5, 5.41) is 0. The summed E-state index contributed by atoms with van der Waals surface area (Å²) in [5.41, 5.74) is 4.82. The Morgan fingerprint density at radius 2 is 1.10 bits per heavy atom. The van der Waals surface area contributed by atoms with Crippen molar-refractivity contribution in [1.29, 1.82) is 0 Å². The minimum absolute atomic E-state index is 0.288. The molecule has 0 aliphatic rings. The van der Waals surface area contributed by atoms with Crippen LogP contribution in [0.25, 0.3) is 0 Å². The van der Waals surface area contributed by atoms with E-state index >= 15 is 4.39 Å². The third-order valence-electron chi connectivity index (χ3n) is 7.56. The van der Waals surface area contributed by atoms with Gasteiger partial charge in [0.2, 0.25) is 0 Å². The van der Waals surface area contributed by atoms with Crippen LogP contribution in [-0.4, -0.2) is 9.55 Å². The number of nitrogens with zero attached hydrogens (tertiary/aromatic N) is 2. The lowest BCUT2D eigenvalue weighted by atomic mass is 9.76.